The van der Waals surface area contributed by atoms with Crippen LogP contribution < -0.4 is 4.74 Å². The van der Waals surface area contributed by atoms with Crippen LogP contribution in [0.25, 0.3) is 5.76 Å². The maximum atomic E-state index is 14.0. The molecule has 146 valence electrons. The van der Waals surface area contributed by atoms with Crippen LogP contribution in [0.5, 0.6) is 5.88 Å². The van der Waals surface area contributed by atoms with Crippen LogP contribution in [0.4, 0.5) is 26.3 Å². The number of hydroxylamine groups is 2. The number of nitrogens with zero attached hydrogens (tertiary/aromatic N) is 4. The molecule has 0 aliphatic carbocycles. The molecule has 0 radical (unpaired) electrons. The van der Waals surface area contributed by atoms with Crippen molar-refractivity contribution < 1.29 is 35.9 Å². The summed E-state index contributed by atoms with van der Waals surface area (Å²) in [5.41, 5.74) is -0.0432. The predicted octanol–water partition coefficient (Wildman–Crippen LogP) is 4.60. The van der Waals surface area contributed by atoms with E-state index in [4.69, 9.17) is 16.4 Å². The van der Waals surface area contributed by atoms with Gasteiger partial charge in [0.1, 0.15) is 0 Å². The van der Waals surface area contributed by atoms with Gasteiger partial charge in [-0.2, -0.15) is 27.0 Å². The first kappa shape index (κ1) is 19.3. The largest absolute Gasteiger partial charge is 0.463 e. The fourth-order valence-corrected chi connectivity index (χ4v) is 2.18. The van der Waals surface area contributed by atoms with Crippen molar-refractivity contribution in [2.24, 2.45) is 10.2 Å². The van der Waals surface area contributed by atoms with Crippen molar-refractivity contribution in [2.75, 3.05) is 0 Å². The smallest absolute Gasteiger partial charge is 0.425 e. The first-order valence-corrected chi connectivity index (χ1v) is 7.60. The van der Waals surface area contributed by atoms with Gasteiger partial charge in [0, 0.05) is 11.8 Å². The molecule has 0 spiro atoms. The summed E-state index contributed by atoms with van der Waals surface area (Å²) in [5, 5.41) is 3.60. The molecule has 1 unspecified atom stereocenters. The summed E-state index contributed by atoms with van der Waals surface area (Å²) in [5.74, 6) is -2.25. The first-order valence-electron chi connectivity index (χ1n) is 7.23. The molecule has 0 aromatic carbocycles. The molecule has 0 fully saturated rings. The summed E-state index contributed by atoms with van der Waals surface area (Å²) in [4.78, 5) is 8.69. The van der Waals surface area contributed by atoms with Crippen molar-refractivity contribution in [2.45, 2.75) is 30.8 Å². The monoisotopic (exact) mass is 414 g/mol. The Bertz CT molecular complexity index is 836. The van der Waals surface area contributed by atoms with E-state index < -0.39 is 35.5 Å². The Kier molecular flexibility index (Phi) is 4.70. The van der Waals surface area contributed by atoms with E-state index in [1.807, 2.05) is 0 Å². The van der Waals surface area contributed by atoms with E-state index in [1.54, 1.807) is 0 Å². The Hall–Kier alpha value is -2.50. The molecule has 0 bridgehead atoms. The van der Waals surface area contributed by atoms with Gasteiger partial charge in [-0.25, -0.2) is 9.37 Å². The molecule has 0 saturated heterocycles. The summed E-state index contributed by atoms with van der Waals surface area (Å²) in [6, 6.07) is 0.786. The van der Waals surface area contributed by atoms with Gasteiger partial charge in [0.25, 0.3) is 12.0 Å². The van der Waals surface area contributed by atoms with Gasteiger partial charge in [-0.15, -0.1) is 10.2 Å². The van der Waals surface area contributed by atoms with E-state index in [0.29, 0.717) is 12.0 Å². The van der Waals surface area contributed by atoms with Crippen LogP contribution in [0.3, 0.4) is 0 Å². The highest BCUT2D eigenvalue weighted by Gasteiger charge is 2.48. The van der Waals surface area contributed by atoms with Gasteiger partial charge in [-0.05, 0) is 36.7 Å². The molecular formula is C14H9ClF6N4O2. The quantitative estimate of drug-likeness (QED) is 0.533. The second-order valence-corrected chi connectivity index (χ2v) is 5.92. The predicted molar refractivity (Wildman–Crippen MR) is 78.8 cm³/mol. The minimum atomic E-state index is -4.70. The van der Waals surface area contributed by atoms with Crippen molar-refractivity contribution in [1.82, 2.24) is 10.0 Å². The SMILES string of the molecule is C[C@H](Oc1ncc(C2=CC=C3N=NC(C(F)(F)Cl)N3O2)cc1F)C(F)(F)F. The summed E-state index contributed by atoms with van der Waals surface area (Å²) in [6.07, 6.45) is -5.42. The number of fused-ring (bicyclic) bond motifs is 1. The van der Waals surface area contributed by atoms with Crippen LogP contribution in [0.1, 0.15) is 12.5 Å². The zero-order chi connectivity index (χ0) is 20.0. The fourth-order valence-electron chi connectivity index (χ4n) is 2.05. The van der Waals surface area contributed by atoms with Gasteiger partial charge >= 0.3 is 11.6 Å². The molecule has 0 amide bonds. The standard InChI is InChI=1S/C14H9ClF6N4O2/c1-6(14(19,20)21)26-11-8(16)4-7(5-22-11)9-2-3-10-23-24-12(13(15,17)18)25(10)27-9/h2-6,12H,1H3/t6-,12?/m0/s1. The van der Waals surface area contributed by atoms with Crippen LogP contribution in [-0.4, -0.2) is 33.9 Å². The lowest BCUT2D eigenvalue weighted by Gasteiger charge is -2.28. The average Bonchev–Trinajstić information content (AvgIpc) is 2.99. The molecule has 3 rings (SSSR count). The van der Waals surface area contributed by atoms with Crippen molar-refractivity contribution >= 4 is 17.4 Å². The van der Waals surface area contributed by atoms with Crippen LogP contribution in [0.2, 0.25) is 0 Å². The van der Waals surface area contributed by atoms with E-state index in [0.717, 1.165) is 12.3 Å². The normalized spacial score (nSPS) is 20.6. The van der Waals surface area contributed by atoms with Gasteiger partial charge in [0.2, 0.25) is 0 Å². The number of aromatic nitrogens is 1. The molecule has 27 heavy (non-hydrogen) atoms. The molecule has 6 nitrogen and oxygen atoms in total. The summed E-state index contributed by atoms with van der Waals surface area (Å²) >= 11 is 4.95. The van der Waals surface area contributed by atoms with Gasteiger partial charge in [0.05, 0.1) is 0 Å². The number of pyridine rings is 1. The van der Waals surface area contributed by atoms with E-state index >= 15 is 0 Å². The van der Waals surface area contributed by atoms with Crippen LogP contribution >= 0.6 is 11.6 Å². The number of hydrogen-bond acceptors (Lipinski definition) is 6. The molecule has 1 aromatic heterocycles. The average molecular weight is 415 g/mol. The molecular weight excluding hydrogens is 406 g/mol. The second kappa shape index (κ2) is 6.59. The van der Waals surface area contributed by atoms with Crippen molar-refractivity contribution in [3.8, 4) is 5.88 Å². The lowest BCUT2D eigenvalue weighted by Crippen LogP contribution is -2.40. The number of azo groups is 1. The molecule has 2 aliphatic rings. The molecule has 2 aliphatic heterocycles. The van der Waals surface area contributed by atoms with E-state index in [2.05, 4.69) is 19.9 Å². The number of alkyl halides is 6. The highest BCUT2D eigenvalue weighted by atomic mass is 35.5. The highest BCUT2D eigenvalue weighted by molar-refractivity contribution is 6.22. The topological polar surface area (TPSA) is 59.3 Å². The number of halogens is 7. The van der Waals surface area contributed by atoms with Crippen LogP contribution in [0, 0.1) is 5.82 Å². The Balaban J connectivity index is 1.80. The molecule has 0 saturated carbocycles. The Labute approximate surface area is 152 Å². The Morgan fingerprint density at radius 1 is 1.26 bits per heavy atom. The summed E-state index contributed by atoms with van der Waals surface area (Å²) in [6.45, 7) is 0.695. The lowest BCUT2D eigenvalue weighted by molar-refractivity contribution is -0.190. The highest BCUT2D eigenvalue weighted by Crippen LogP contribution is 2.39. The van der Waals surface area contributed by atoms with Crippen LogP contribution in [-0.2, 0) is 4.84 Å². The van der Waals surface area contributed by atoms with E-state index in [1.165, 1.54) is 12.2 Å². The number of ether oxygens (including phenoxy) is 1. The van der Waals surface area contributed by atoms with E-state index in [-0.39, 0.29) is 17.1 Å². The second-order valence-electron chi connectivity index (χ2n) is 5.42. The van der Waals surface area contributed by atoms with Gasteiger partial charge in [0.15, 0.2) is 23.5 Å². The van der Waals surface area contributed by atoms with Gasteiger partial charge in [-0.1, -0.05) is 0 Å². The zero-order valence-corrected chi connectivity index (χ0v) is 14.0. The fraction of sp³-hybridized carbons (Fsp3) is 0.357. The van der Waals surface area contributed by atoms with Crippen LogP contribution in [0.15, 0.2) is 40.5 Å². The third-order valence-corrected chi connectivity index (χ3v) is 3.63. The van der Waals surface area contributed by atoms with E-state index in [9.17, 15) is 26.3 Å². The minimum Gasteiger partial charge on any atom is -0.463 e. The Morgan fingerprint density at radius 3 is 2.56 bits per heavy atom. The number of hydrogen-bond donors (Lipinski definition) is 0. The maximum Gasteiger partial charge on any atom is 0.425 e. The first-order chi connectivity index (χ1) is 12.5. The third-order valence-electron chi connectivity index (χ3n) is 3.43. The molecule has 1 aromatic rings. The number of rotatable bonds is 4. The summed E-state index contributed by atoms with van der Waals surface area (Å²) in [7, 11) is 0. The van der Waals surface area contributed by atoms with Crippen molar-refractivity contribution in [1.29, 1.82) is 0 Å². The lowest BCUT2D eigenvalue weighted by atomic mass is 10.2. The molecule has 2 atom stereocenters. The number of allylic oxidation sites excluding steroid dienone is 2. The molecule has 3 heterocycles. The maximum absolute atomic E-state index is 14.0. The molecule has 13 heteroatoms. The Morgan fingerprint density at radius 2 is 1.96 bits per heavy atom. The van der Waals surface area contributed by atoms with Crippen molar-refractivity contribution in [3.63, 3.8) is 0 Å². The van der Waals surface area contributed by atoms with Crippen molar-refractivity contribution in [3.05, 3.63) is 41.6 Å². The molecule has 0 N–H and O–H groups in total. The summed E-state index contributed by atoms with van der Waals surface area (Å²) < 4.78 is 82.6. The zero-order valence-electron chi connectivity index (χ0n) is 13.2. The van der Waals surface area contributed by atoms with Gasteiger partial charge < -0.3 is 9.57 Å². The third kappa shape index (κ3) is 3.94. The minimum absolute atomic E-state index is 0.0432. The van der Waals surface area contributed by atoms with Gasteiger partial charge in [-0.3, -0.25) is 0 Å².